The molecule has 0 fully saturated rings. The molecule has 2 aliphatic rings. The maximum atomic E-state index is 2.51. The van der Waals surface area contributed by atoms with Crippen LogP contribution in [0.5, 0.6) is 0 Å². The molecule has 0 saturated carbocycles. The quantitative estimate of drug-likeness (QED) is 0.405. The average molecular weight is 413 g/mol. The average Bonchev–Trinajstić information content (AvgIpc) is 3.27. The van der Waals surface area contributed by atoms with Gasteiger partial charge in [-0.15, -0.1) is 0 Å². The van der Waals surface area contributed by atoms with E-state index in [9.17, 15) is 0 Å². The van der Waals surface area contributed by atoms with Crippen LogP contribution in [0.1, 0.15) is 112 Å². The molecule has 0 aromatic heterocycles. The van der Waals surface area contributed by atoms with Crippen molar-refractivity contribution >= 4 is 12.2 Å². The molecule has 0 nitrogen and oxygen atoms in total. The Labute approximate surface area is 190 Å². The zero-order chi connectivity index (χ0) is 22.2. The first-order valence-electron chi connectivity index (χ1n) is 12.5. The molecule has 0 bridgehead atoms. The molecule has 164 valence electrons. The Hall–Kier alpha value is -2.08. The minimum absolute atomic E-state index is 0.129. The molecule has 2 atom stereocenters. The van der Waals surface area contributed by atoms with Gasteiger partial charge in [0.05, 0.1) is 0 Å². The van der Waals surface area contributed by atoms with Gasteiger partial charge in [0.15, 0.2) is 0 Å². The summed E-state index contributed by atoms with van der Waals surface area (Å²) in [6, 6.07) is 14.1. The highest BCUT2D eigenvalue weighted by Crippen LogP contribution is 2.58. The van der Waals surface area contributed by atoms with Crippen molar-refractivity contribution in [1.29, 1.82) is 0 Å². The minimum atomic E-state index is 0.129. The summed E-state index contributed by atoms with van der Waals surface area (Å²) in [5, 5.41) is 0. The maximum absolute atomic E-state index is 2.51. The SMILES string of the molecule is CCCCc1cccc2c1C=C(C)C2C(C)(C)C1C(C)=Cc2c(CCCC)cccc21. The van der Waals surface area contributed by atoms with E-state index in [1.807, 2.05) is 0 Å². The van der Waals surface area contributed by atoms with Crippen LogP contribution in [0.4, 0.5) is 0 Å². The van der Waals surface area contributed by atoms with Crippen LogP contribution in [0.3, 0.4) is 0 Å². The van der Waals surface area contributed by atoms with E-state index in [0.29, 0.717) is 11.8 Å². The zero-order valence-corrected chi connectivity index (χ0v) is 20.5. The Morgan fingerprint density at radius 1 is 0.677 bits per heavy atom. The van der Waals surface area contributed by atoms with Gasteiger partial charge in [-0.3, -0.25) is 0 Å². The Bertz CT molecular complexity index is 933. The van der Waals surface area contributed by atoms with Crippen LogP contribution in [0.25, 0.3) is 12.2 Å². The van der Waals surface area contributed by atoms with Crippen LogP contribution in [-0.2, 0) is 12.8 Å². The number of fused-ring (bicyclic) bond motifs is 2. The van der Waals surface area contributed by atoms with E-state index < -0.39 is 0 Å². The van der Waals surface area contributed by atoms with Crippen LogP contribution in [0, 0.1) is 5.41 Å². The molecule has 2 aromatic carbocycles. The molecule has 31 heavy (non-hydrogen) atoms. The molecule has 0 amide bonds. The van der Waals surface area contributed by atoms with Crippen molar-refractivity contribution in [2.45, 2.75) is 91.9 Å². The second-order valence-corrected chi connectivity index (χ2v) is 10.5. The molecule has 0 N–H and O–H groups in total. The Morgan fingerprint density at radius 2 is 1.10 bits per heavy atom. The fourth-order valence-electron chi connectivity index (χ4n) is 6.55. The standard InChI is InChI=1S/C31H40/c1-7-9-13-23-15-11-17-25-27(23)19-21(3)29(25)31(5,6)30-22(4)20-28-24(14-10-8-2)16-12-18-26(28)30/h11-12,15-20,29-30H,7-10,13-14H2,1-6H3. The van der Waals surface area contributed by atoms with Gasteiger partial charge in [0, 0.05) is 11.8 Å². The van der Waals surface area contributed by atoms with Gasteiger partial charge in [0.2, 0.25) is 0 Å². The number of benzene rings is 2. The number of allylic oxidation sites excluding steroid dienone is 2. The number of hydrogen-bond acceptors (Lipinski definition) is 0. The number of hydrogen-bond donors (Lipinski definition) is 0. The molecule has 0 heterocycles. The van der Waals surface area contributed by atoms with E-state index in [2.05, 4.69) is 90.1 Å². The monoisotopic (exact) mass is 412 g/mol. The molecule has 0 saturated heterocycles. The topological polar surface area (TPSA) is 0 Å². The van der Waals surface area contributed by atoms with Crippen molar-refractivity contribution in [1.82, 2.24) is 0 Å². The van der Waals surface area contributed by atoms with E-state index in [-0.39, 0.29) is 5.41 Å². The predicted molar refractivity (Wildman–Crippen MR) is 137 cm³/mol. The van der Waals surface area contributed by atoms with Gasteiger partial charge in [0.25, 0.3) is 0 Å². The van der Waals surface area contributed by atoms with Crippen LogP contribution < -0.4 is 0 Å². The lowest BCUT2D eigenvalue weighted by Crippen LogP contribution is -2.29. The lowest BCUT2D eigenvalue weighted by Gasteiger charge is -2.41. The van der Waals surface area contributed by atoms with Crippen molar-refractivity contribution in [3.8, 4) is 0 Å². The third kappa shape index (κ3) is 3.84. The number of rotatable bonds is 8. The summed E-state index contributed by atoms with van der Waals surface area (Å²) in [4.78, 5) is 0. The van der Waals surface area contributed by atoms with E-state index >= 15 is 0 Å². The van der Waals surface area contributed by atoms with Crippen LogP contribution in [-0.4, -0.2) is 0 Å². The minimum Gasteiger partial charge on any atom is -0.0654 e. The fourth-order valence-corrected chi connectivity index (χ4v) is 6.55. The highest BCUT2D eigenvalue weighted by atomic mass is 14.5. The highest BCUT2D eigenvalue weighted by molar-refractivity contribution is 5.73. The van der Waals surface area contributed by atoms with Gasteiger partial charge in [-0.1, -0.05) is 100 Å². The van der Waals surface area contributed by atoms with Crippen molar-refractivity contribution in [3.63, 3.8) is 0 Å². The second-order valence-electron chi connectivity index (χ2n) is 10.5. The molecule has 2 unspecified atom stereocenters. The third-order valence-electron chi connectivity index (χ3n) is 7.82. The van der Waals surface area contributed by atoms with Crippen molar-refractivity contribution in [3.05, 3.63) is 80.9 Å². The van der Waals surface area contributed by atoms with Crippen LogP contribution in [0.2, 0.25) is 0 Å². The third-order valence-corrected chi connectivity index (χ3v) is 7.82. The summed E-state index contributed by atoms with van der Waals surface area (Å²) >= 11 is 0. The fraction of sp³-hybridized carbons (Fsp3) is 0.484. The Kier molecular flexibility index (Phi) is 6.29. The van der Waals surface area contributed by atoms with E-state index in [4.69, 9.17) is 0 Å². The number of unbranched alkanes of at least 4 members (excludes halogenated alkanes) is 2. The summed E-state index contributed by atoms with van der Waals surface area (Å²) in [7, 11) is 0. The van der Waals surface area contributed by atoms with Gasteiger partial charge >= 0.3 is 0 Å². The molecular weight excluding hydrogens is 372 g/mol. The van der Waals surface area contributed by atoms with Gasteiger partial charge in [-0.05, 0) is 78.3 Å². The Morgan fingerprint density at radius 3 is 1.48 bits per heavy atom. The van der Waals surface area contributed by atoms with Crippen LogP contribution in [0.15, 0.2) is 47.5 Å². The van der Waals surface area contributed by atoms with Crippen molar-refractivity contribution in [2.24, 2.45) is 5.41 Å². The largest absolute Gasteiger partial charge is 0.0654 e. The second kappa shape index (κ2) is 8.81. The molecular formula is C31H40. The first-order valence-corrected chi connectivity index (χ1v) is 12.5. The number of aryl methyl sites for hydroxylation is 2. The smallest absolute Gasteiger partial charge is 0.0115 e. The first-order chi connectivity index (χ1) is 14.9. The van der Waals surface area contributed by atoms with Crippen molar-refractivity contribution in [2.75, 3.05) is 0 Å². The molecule has 0 spiro atoms. The lowest BCUT2D eigenvalue weighted by atomic mass is 9.62. The molecule has 0 radical (unpaired) electrons. The van der Waals surface area contributed by atoms with Gasteiger partial charge in [0.1, 0.15) is 0 Å². The summed E-state index contributed by atoms with van der Waals surface area (Å²) < 4.78 is 0. The van der Waals surface area contributed by atoms with E-state index in [1.54, 1.807) is 11.1 Å². The van der Waals surface area contributed by atoms with Crippen molar-refractivity contribution < 1.29 is 0 Å². The van der Waals surface area contributed by atoms with E-state index in [0.717, 1.165) is 0 Å². The molecule has 2 aromatic rings. The summed E-state index contributed by atoms with van der Waals surface area (Å²) in [6.45, 7) is 14.3. The zero-order valence-electron chi connectivity index (χ0n) is 20.5. The molecule has 2 aliphatic carbocycles. The van der Waals surface area contributed by atoms with E-state index in [1.165, 1.54) is 71.9 Å². The van der Waals surface area contributed by atoms with Gasteiger partial charge in [-0.2, -0.15) is 0 Å². The summed E-state index contributed by atoms with van der Waals surface area (Å²) in [5.74, 6) is 0.949. The first kappa shape index (κ1) is 22.1. The molecule has 0 heteroatoms. The molecule has 0 aliphatic heterocycles. The lowest BCUT2D eigenvalue weighted by molar-refractivity contribution is 0.275. The predicted octanol–water partition coefficient (Wildman–Crippen LogP) is 9.10. The highest BCUT2D eigenvalue weighted by Gasteiger charge is 2.45. The molecule has 4 rings (SSSR count). The van der Waals surface area contributed by atoms with Gasteiger partial charge < -0.3 is 0 Å². The summed E-state index contributed by atoms with van der Waals surface area (Å²) in [5.41, 5.74) is 12.4. The normalized spacial score (nSPS) is 19.8. The Balaban J connectivity index is 1.74. The summed E-state index contributed by atoms with van der Waals surface area (Å²) in [6.07, 6.45) is 12.4. The van der Waals surface area contributed by atoms with Gasteiger partial charge in [-0.25, -0.2) is 0 Å². The maximum Gasteiger partial charge on any atom is 0.0115 e. The van der Waals surface area contributed by atoms with Crippen LogP contribution >= 0.6 is 0 Å².